The predicted octanol–water partition coefficient (Wildman–Crippen LogP) is 4.20. The maximum absolute atomic E-state index is 10.2. The number of hydrogen-bond acceptors (Lipinski definition) is 1. The molecule has 15 heavy (non-hydrogen) atoms. The number of rotatable bonds is 11. The second kappa shape index (κ2) is 11.5. The minimum atomic E-state index is -0.689. The van der Waals surface area contributed by atoms with Crippen LogP contribution in [0.1, 0.15) is 71.1 Å². The van der Waals surface area contributed by atoms with Crippen molar-refractivity contribution >= 4 is 5.97 Å². The van der Waals surface area contributed by atoms with Gasteiger partial charge in [0.05, 0.1) is 0 Å². The SMILES string of the molecule is CCCCCCCCC[CH]CCC(=O)O. The van der Waals surface area contributed by atoms with Gasteiger partial charge in [0.25, 0.3) is 0 Å². The van der Waals surface area contributed by atoms with Crippen molar-refractivity contribution in [2.75, 3.05) is 0 Å². The Morgan fingerprint density at radius 3 is 2.20 bits per heavy atom. The lowest BCUT2D eigenvalue weighted by atomic mass is 10.1. The molecule has 0 aliphatic carbocycles. The van der Waals surface area contributed by atoms with Crippen LogP contribution in [-0.4, -0.2) is 11.1 Å². The largest absolute Gasteiger partial charge is 0.481 e. The molecule has 2 nitrogen and oxygen atoms in total. The molecule has 0 fully saturated rings. The standard InChI is InChI=1S/C13H25O2/c1-2-3-4-5-6-7-8-9-10-11-12-13(14)15/h10H,2-9,11-12H2,1H3,(H,14,15). The molecule has 0 unspecified atom stereocenters. The van der Waals surface area contributed by atoms with Crippen molar-refractivity contribution in [1.29, 1.82) is 0 Å². The molecule has 89 valence electrons. The second-order valence-electron chi connectivity index (χ2n) is 4.13. The minimum Gasteiger partial charge on any atom is -0.481 e. The average Bonchev–Trinajstić information content (AvgIpc) is 2.20. The Labute approximate surface area is 94.1 Å². The molecule has 0 aromatic heterocycles. The quantitative estimate of drug-likeness (QED) is 0.522. The van der Waals surface area contributed by atoms with E-state index in [1.807, 2.05) is 0 Å². The van der Waals surface area contributed by atoms with Crippen LogP contribution in [0.4, 0.5) is 0 Å². The van der Waals surface area contributed by atoms with E-state index in [0.29, 0.717) is 0 Å². The zero-order valence-electron chi connectivity index (χ0n) is 10.0. The molecule has 0 atom stereocenters. The highest BCUT2D eigenvalue weighted by Gasteiger charge is 1.96. The van der Waals surface area contributed by atoms with Crippen LogP contribution in [0.25, 0.3) is 0 Å². The van der Waals surface area contributed by atoms with Crippen LogP contribution in [0.3, 0.4) is 0 Å². The van der Waals surface area contributed by atoms with Gasteiger partial charge in [-0.1, -0.05) is 58.3 Å². The molecule has 0 amide bonds. The van der Waals surface area contributed by atoms with Gasteiger partial charge >= 0.3 is 5.97 Å². The fraction of sp³-hybridized carbons (Fsp3) is 0.846. The first-order chi connectivity index (χ1) is 7.27. The van der Waals surface area contributed by atoms with Gasteiger partial charge in [0.15, 0.2) is 0 Å². The van der Waals surface area contributed by atoms with Crippen molar-refractivity contribution < 1.29 is 9.90 Å². The van der Waals surface area contributed by atoms with Crippen LogP contribution in [0, 0.1) is 6.42 Å². The van der Waals surface area contributed by atoms with Crippen LogP contribution in [0.2, 0.25) is 0 Å². The molecule has 0 heterocycles. The topological polar surface area (TPSA) is 37.3 Å². The van der Waals surface area contributed by atoms with Crippen molar-refractivity contribution in [2.45, 2.75) is 71.1 Å². The molecule has 1 radical (unpaired) electrons. The number of carbonyl (C=O) groups is 1. The third kappa shape index (κ3) is 13.5. The van der Waals surface area contributed by atoms with E-state index in [4.69, 9.17) is 5.11 Å². The van der Waals surface area contributed by atoms with Crippen molar-refractivity contribution in [3.05, 3.63) is 6.42 Å². The van der Waals surface area contributed by atoms with Crippen molar-refractivity contribution in [3.8, 4) is 0 Å². The number of aliphatic carboxylic acids is 1. The lowest BCUT2D eigenvalue weighted by Gasteiger charge is -2.00. The zero-order chi connectivity index (χ0) is 11.4. The Bertz CT molecular complexity index is 143. The number of carboxylic acid groups (broad SMARTS) is 1. The van der Waals surface area contributed by atoms with E-state index in [2.05, 4.69) is 13.3 Å². The predicted molar refractivity (Wildman–Crippen MR) is 63.8 cm³/mol. The van der Waals surface area contributed by atoms with Crippen LogP contribution < -0.4 is 0 Å². The van der Waals surface area contributed by atoms with Gasteiger partial charge in [-0.15, -0.1) is 0 Å². The van der Waals surface area contributed by atoms with Crippen LogP contribution in [-0.2, 0) is 4.79 Å². The van der Waals surface area contributed by atoms with E-state index in [9.17, 15) is 4.79 Å². The second-order valence-corrected chi connectivity index (χ2v) is 4.13. The summed E-state index contributed by atoms with van der Waals surface area (Å²) in [6.07, 6.45) is 13.5. The Morgan fingerprint density at radius 2 is 1.60 bits per heavy atom. The summed E-state index contributed by atoms with van der Waals surface area (Å²) >= 11 is 0. The van der Waals surface area contributed by atoms with E-state index in [1.165, 1.54) is 44.9 Å². The minimum absolute atomic E-state index is 0.288. The molecule has 0 aromatic carbocycles. The molecule has 0 saturated heterocycles. The first-order valence-corrected chi connectivity index (χ1v) is 6.30. The molecule has 0 bridgehead atoms. The molecule has 0 spiro atoms. The van der Waals surface area contributed by atoms with Crippen molar-refractivity contribution in [3.63, 3.8) is 0 Å². The maximum Gasteiger partial charge on any atom is 0.303 e. The summed E-state index contributed by atoms with van der Waals surface area (Å²) in [5.41, 5.74) is 0. The monoisotopic (exact) mass is 213 g/mol. The highest BCUT2D eigenvalue weighted by atomic mass is 16.4. The normalized spacial score (nSPS) is 10.5. The Hall–Kier alpha value is -0.530. The van der Waals surface area contributed by atoms with Gasteiger partial charge in [0.1, 0.15) is 0 Å². The molecule has 0 saturated carbocycles. The smallest absolute Gasteiger partial charge is 0.303 e. The lowest BCUT2D eigenvalue weighted by molar-refractivity contribution is -0.136. The fourth-order valence-corrected chi connectivity index (χ4v) is 1.62. The third-order valence-corrected chi connectivity index (χ3v) is 2.57. The van der Waals surface area contributed by atoms with Gasteiger partial charge in [-0.05, 0) is 12.8 Å². The molecule has 2 heteroatoms. The maximum atomic E-state index is 10.2. The van der Waals surface area contributed by atoms with Crippen LogP contribution >= 0.6 is 0 Å². The molecular weight excluding hydrogens is 188 g/mol. The summed E-state index contributed by atoms with van der Waals surface area (Å²) in [5, 5.41) is 8.42. The summed E-state index contributed by atoms with van der Waals surface area (Å²) in [6, 6.07) is 0. The van der Waals surface area contributed by atoms with Gasteiger partial charge < -0.3 is 5.11 Å². The van der Waals surface area contributed by atoms with Gasteiger partial charge in [0, 0.05) is 6.42 Å². The summed E-state index contributed by atoms with van der Waals surface area (Å²) in [7, 11) is 0. The van der Waals surface area contributed by atoms with Crippen LogP contribution in [0.15, 0.2) is 0 Å². The molecule has 0 aromatic rings. The molecule has 0 rings (SSSR count). The first-order valence-electron chi connectivity index (χ1n) is 6.30. The molecule has 0 aliphatic heterocycles. The van der Waals surface area contributed by atoms with E-state index in [0.717, 1.165) is 12.8 Å². The Balaban J connectivity index is 2.89. The first kappa shape index (κ1) is 14.5. The lowest BCUT2D eigenvalue weighted by Crippen LogP contribution is -1.93. The zero-order valence-corrected chi connectivity index (χ0v) is 10.0. The number of carboxylic acids is 1. The van der Waals surface area contributed by atoms with Crippen LogP contribution in [0.5, 0.6) is 0 Å². The summed E-state index contributed by atoms with van der Waals surface area (Å²) in [5.74, 6) is -0.689. The van der Waals surface area contributed by atoms with Crippen molar-refractivity contribution in [1.82, 2.24) is 0 Å². The van der Waals surface area contributed by atoms with E-state index >= 15 is 0 Å². The van der Waals surface area contributed by atoms with Gasteiger partial charge in [0.2, 0.25) is 0 Å². The molecule has 1 N–H and O–H groups in total. The fourth-order valence-electron chi connectivity index (χ4n) is 1.62. The van der Waals surface area contributed by atoms with Crippen molar-refractivity contribution in [2.24, 2.45) is 0 Å². The summed E-state index contributed by atoms with van der Waals surface area (Å²) in [4.78, 5) is 10.2. The van der Waals surface area contributed by atoms with E-state index in [-0.39, 0.29) is 6.42 Å². The number of unbranched alkanes of at least 4 members (excludes halogenated alkanes) is 9. The van der Waals surface area contributed by atoms with Gasteiger partial charge in [-0.2, -0.15) is 0 Å². The highest BCUT2D eigenvalue weighted by Crippen LogP contribution is 2.10. The Kier molecular flexibility index (Phi) is 11.1. The van der Waals surface area contributed by atoms with Gasteiger partial charge in [-0.3, -0.25) is 4.79 Å². The molecular formula is C13H25O2. The molecule has 0 aliphatic rings. The van der Waals surface area contributed by atoms with E-state index in [1.54, 1.807) is 0 Å². The highest BCUT2D eigenvalue weighted by molar-refractivity contribution is 5.66. The summed E-state index contributed by atoms with van der Waals surface area (Å²) in [6.45, 7) is 2.23. The summed E-state index contributed by atoms with van der Waals surface area (Å²) < 4.78 is 0. The third-order valence-electron chi connectivity index (χ3n) is 2.57. The van der Waals surface area contributed by atoms with E-state index < -0.39 is 5.97 Å². The average molecular weight is 213 g/mol. The number of hydrogen-bond donors (Lipinski definition) is 1. The van der Waals surface area contributed by atoms with Gasteiger partial charge in [-0.25, -0.2) is 0 Å². The Morgan fingerprint density at radius 1 is 1.00 bits per heavy atom.